The fourth-order valence-electron chi connectivity index (χ4n) is 2.61. The van der Waals surface area contributed by atoms with Gasteiger partial charge in [-0.2, -0.15) is 0 Å². The first-order chi connectivity index (χ1) is 10.0. The maximum atomic E-state index is 12.2. The molecule has 0 heterocycles. The van der Waals surface area contributed by atoms with Crippen LogP contribution in [0.4, 0.5) is 11.4 Å². The summed E-state index contributed by atoms with van der Waals surface area (Å²) in [5.74, 6) is 0.495. The number of nitrogens with two attached hydrogens (primary N) is 1. The number of amides is 1. The summed E-state index contributed by atoms with van der Waals surface area (Å²) in [4.78, 5) is 22.4. The molecule has 0 radical (unpaired) electrons. The van der Waals surface area contributed by atoms with E-state index in [1.165, 1.54) is 12.1 Å². The van der Waals surface area contributed by atoms with Gasteiger partial charge in [-0.3, -0.25) is 14.9 Å². The molecule has 0 aliphatic heterocycles. The molecule has 2 rings (SSSR count). The first kappa shape index (κ1) is 15.9. The zero-order chi connectivity index (χ0) is 15.4. The predicted octanol–water partition coefficient (Wildman–Crippen LogP) is 3.06. The first-order valence-corrected chi connectivity index (χ1v) is 7.75. The minimum absolute atomic E-state index is 0.00473. The molecule has 1 aromatic carbocycles. The van der Waals surface area contributed by atoms with Crippen molar-refractivity contribution in [3.63, 3.8) is 0 Å². The molecule has 1 fully saturated rings. The molecule has 1 saturated carbocycles. The van der Waals surface area contributed by atoms with E-state index in [1.807, 2.05) is 0 Å². The van der Waals surface area contributed by atoms with Crippen molar-refractivity contribution in [3.05, 3.63) is 32.8 Å². The number of hydrogen-bond donors (Lipinski definition) is 2. The summed E-state index contributed by atoms with van der Waals surface area (Å²) in [5, 5.41) is 13.5. The molecule has 114 valence electrons. The SMILES string of the molecule is NCC1CCC(C(=O)Nc2ccc([N+](=O)[O-])cc2Br)CC1. The van der Waals surface area contributed by atoms with E-state index in [2.05, 4.69) is 21.2 Å². The number of benzene rings is 1. The van der Waals surface area contributed by atoms with Gasteiger partial charge < -0.3 is 11.1 Å². The lowest BCUT2D eigenvalue weighted by molar-refractivity contribution is -0.384. The van der Waals surface area contributed by atoms with Crippen LogP contribution in [0, 0.1) is 22.0 Å². The van der Waals surface area contributed by atoms with Crippen LogP contribution in [0.5, 0.6) is 0 Å². The van der Waals surface area contributed by atoms with Crippen LogP contribution in [0.25, 0.3) is 0 Å². The van der Waals surface area contributed by atoms with Gasteiger partial charge in [-0.15, -0.1) is 0 Å². The molecule has 1 aromatic rings. The second kappa shape index (κ2) is 7.00. The molecular formula is C14H18BrN3O3. The van der Waals surface area contributed by atoms with E-state index in [0.717, 1.165) is 25.7 Å². The number of rotatable bonds is 4. The highest BCUT2D eigenvalue weighted by Gasteiger charge is 2.26. The number of carbonyl (C=O) groups is 1. The van der Waals surface area contributed by atoms with Crippen molar-refractivity contribution < 1.29 is 9.72 Å². The molecular weight excluding hydrogens is 338 g/mol. The van der Waals surface area contributed by atoms with E-state index in [-0.39, 0.29) is 17.5 Å². The van der Waals surface area contributed by atoms with Crippen molar-refractivity contribution in [2.45, 2.75) is 25.7 Å². The number of nitrogens with one attached hydrogen (secondary N) is 1. The van der Waals surface area contributed by atoms with E-state index in [1.54, 1.807) is 6.07 Å². The highest BCUT2D eigenvalue weighted by molar-refractivity contribution is 9.10. The van der Waals surface area contributed by atoms with Gasteiger partial charge in [-0.25, -0.2) is 0 Å². The Kier molecular flexibility index (Phi) is 5.30. The van der Waals surface area contributed by atoms with Gasteiger partial charge in [0.05, 0.1) is 10.6 Å². The first-order valence-electron chi connectivity index (χ1n) is 6.96. The molecule has 21 heavy (non-hydrogen) atoms. The monoisotopic (exact) mass is 355 g/mol. The summed E-state index contributed by atoms with van der Waals surface area (Å²) in [6, 6.07) is 4.32. The maximum Gasteiger partial charge on any atom is 0.270 e. The largest absolute Gasteiger partial charge is 0.330 e. The fraction of sp³-hybridized carbons (Fsp3) is 0.500. The number of hydrogen-bond acceptors (Lipinski definition) is 4. The lowest BCUT2D eigenvalue weighted by Gasteiger charge is -2.26. The summed E-state index contributed by atoms with van der Waals surface area (Å²) >= 11 is 3.25. The third-order valence-corrected chi connectivity index (χ3v) is 4.63. The van der Waals surface area contributed by atoms with Gasteiger partial charge in [-0.05, 0) is 60.1 Å². The number of anilines is 1. The summed E-state index contributed by atoms with van der Waals surface area (Å²) in [5.41, 5.74) is 6.20. The van der Waals surface area contributed by atoms with Crippen LogP contribution in [0.3, 0.4) is 0 Å². The number of halogens is 1. The Morgan fingerprint density at radius 3 is 2.57 bits per heavy atom. The Morgan fingerprint density at radius 2 is 2.05 bits per heavy atom. The molecule has 0 unspecified atom stereocenters. The maximum absolute atomic E-state index is 12.2. The number of carbonyl (C=O) groups excluding carboxylic acids is 1. The normalized spacial score (nSPS) is 21.8. The molecule has 6 nitrogen and oxygen atoms in total. The summed E-state index contributed by atoms with van der Waals surface area (Å²) in [6.45, 7) is 0.683. The molecule has 0 bridgehead atoms. The van der Waals surface area contributed by atoms with Crippen LogP contribution in [-0.2, 0) is 4.79 Å². The predicted molar refractivity (Wildman–Crippen MR) is 83.9 cm³/mol. The van der Waals surface area contributed by atoms with Crippen LogP contribution in [0.15, 0.2) is 22.7 Å². The third kappa shape index (κ3) is 4.01. The lowest BCUT2D eigenvalue weighted by atomic mass is 9.81. The fourth-order valence-corrected chi connectivity index (χ4v) is 3.08. The van der Waals surface area contributed by atoms with Crippen LogP contribution < -0.4 is 11.1 Å². The summed E-state index contributed by atoms with van der Waals surface area (Å²) in [7, 11) is 0. The van der Waals surface area contributed by atoms with Gasteiger partial charge in [0.2, 0.25) is 5.91 Å². The van der Waals surface area contributed by atoms with Gasteiger partial charge in [0, 0.05) is 22.5 Å². The number of nitrogens with zero attached hydrogens (tertiary/aromatic N) is 1. The minimum Gasteiger partial charge on any atom is -0.330 e. The van der Waals surface area contributed by atoms with Crippen molar-refractivity contribution in [2.75, 3.05) is 11.9 Å². The number of nitro benzene ring substituents is 1. The Labute approximate surface area is 131 Å². The molecule has 0 aromatic heterocycles. The highest BCUT2D eigenvalue weighted by Crippen LogP contribution is 2.31. The van der Waals surface area contributed by atoms with E-state index >= 15 is 0 Å². The molecule has 0 spiro atoms. The van der Waals surface area contributed by atoms with E-state index in [9.17, 15) is 14.9 Å². The smallest absolute Gasteiger partial charge is 0.270 e. The minimum atomic E-state index is -0.468. The Morgan fingerprint density at radius 1 is 1.38 bits per heavy atom. The van der Waals surface area contributed by atoms with Crippen LogP contribution in [0.1, 0.15) is 25.7 Å². The molecule has 1 amide bonds. The zero-order valence-corrected chi connectivity index (χ0v) is 13.1. The average molecular weight is 356 g/mol. The molecule has 3 N–H and O–H groups in total. The van der Waals surface area contributed by atoms with E-state index < -0.39 is 4.92 Å². The summed E-state index contributed by atoms with van der Waals surface area (Å²) in [6.07, 6.45) is 3.66. The van der Waals surface area contributed by atoms with E-state index in [0.29, 0.717) is 22.6 Å². The average Bonchev–Trinajstić information content (AvgIpc) is 2.49. The van der Waals surface area contributed by atoms with Crippen LogP contribution in [-0.4, -0.2) is 17.4 Å². The van der Waals surface area contributed by atoms with Gasteiger partial charge in [0.15, 0.2) is 0 Å². The number of nitro groups is 1. The van der Waals surface area contributed by atoms with Crippen molar-refractivity contribution >= 4 is 33.2 Å². The van der Waals surface area contributed by atoms with Gasteiger partial charge in [-0.1, -0.05) is 0 Å². The molecule has 1 aliphatic rings. The quantitative estimate of drug-likeness (QED) is 0.640. The summed E-state index contributed by atoms with van der Waals surface area (Å²) < 4.78 is 0.515. The van der Waals surface area contributed by atoms with Crippen molar-refractivity contribution in [2.24, 2.45) is 17.6 Å². The highest BCUT2D eigenvalue weighted by atomic mass is 79.9. The number of non-ortho nitro benzene ring substituents is 1. The second-order valence-corrected chi connectivity index (χ2v) is 6.22. The molecule has 0 atom stereocenters. The standard InChI is InChI=1S/C14H18BrN3O3/c15-12-7-11(18(20)21)5-6-13(12)17-14(19)10-3-1-9(8-16)2-4-10/h5-7,9-10H,1-4,8,16H2,(H,17,19). The van der Waals surface area contributed by atoms with Gasteiger partial charge in [0.1, 0.15) is 0 Å². The van der Waals surface area contributed by atoms with Gasteiger partial charge in [0.25, 0.3) is 5.69 Å². The second-order valence-electron chi connectivity index (χ2n) is 5.36. The zero-order valence-electron chi connectivity index (χ0n) is 11.5. The molecule has 0 saturated heterocycles. The Hall–Kier alpha value is -1.47. The van der Waals surface area contributed by atoms with Gasteiger partial charge >= 0.3 is 0 Å². The topological polar surface area (TPSA) is 98.3 Å². The van der Waals surface area contributed by atoms with Crippen molar-refractivity contribution in [1.29, 1.82) is 0 Å². The molecule has 7 heteroatoms. The Balaban J connectivity index is 1.98. The van der Waals surface area contributed by atoms with Crippen LogP contribution >= 0.6 is 15.9 Å². The molecule has 1 aliphatic carbocycles. The third-order valence-electron chi connectivity index (χ3n) is 3.97. The van der Waals surface area contributed by atoms with Crippen molar-refractivity contribution in [1.82, 2.24) is 0 Å². The Bertz CT molecular complexity index is 542. The van der Waals surface area contributed by atoms with Crippen LogP contribution in [0.2, 0.25) is 0 Å². The van der Waals surface area contributed by atoms with E-state index in [4.69, 9.17) is 5.73 Å². The van der Waals surface area contributed by atoms with Crippen molar-refractivity contribution in [3.8, 4) is 0 Å². The lowest BCUT2D eigenvalue weighted by Crippen LogP contribution is -2.29.